The summed E-state index contributed by atoms with van der Waals surface area (Å²) in [6.45, 7) is 7.34. The second kappa shape index (κ2) is 5.38. The third kappa shape index (κ3) is 2.82. The molecular weight excluding hydrogens is 212 g/mol. The van der Waals surface area contributed by atoms with Crippen LogP contribution in [0.4, 0.5) is 0 Å². The van der Waals surface area contributed by atoms with E-state index in [1.54, 1.807) is 0 Å². The summed E-state index contributed by atoms with van der Waals surface area (Å²) in [5.41, 5.74) is 0. The fourth-order valence-electron chi connectivity index (χ4n) is 3.21. The standard InChI is InChI=1S/C14H26N2O/c1-10(2)13-15-11(3)14(17)16(13)9-12-7-5-4-6-8-12/h10-13,15H,4-9H2,1-3H3. The van der Waals surface area contributed by atoms with Gasteiger partial charge < -0.3 is 4.90 Å². The molecule has 0 aromatic rings. The largest absolute Gasteiger partial charge is 0.325 e. The van der Waals surface area contributed by atoms with Crippen molar-refractivity contribution in [3.63, 3.8) is 0 Å². The second-order valence-electron chi connectivity index (χ2n) is 6.07. The number of nitrogens with one attached hydrogen (secondary N) is 1. The van der Waals surface area contributed by atoms with E-state index < -0.39 is 0 Å². The highest BCUT2D eigenvalue weighted by atomic mass is 16.2. The van der Waals surface area contributed by atoms with Crippen LogP contribution in [0.2, 0.25) is 0 Å². The number of nitrogens with zero attached hydrogens (tertiary/aromatic N) is 1. The van der Waals surface area contributed by atoms with Crippen LogP contribution in [0.5, 0.6) is 0 Å². The summed E-state index contributed by atoms with van der Waals surface area (Å²) >= 11 is 0. The highest BCUT2D eigenvalue weighted by molar-refractivity contribution is 5.83. The van der Waals surface area contributed by atoms with Gasteiger partial charge in [0.1, 0.15) is 0 Å². The molecular formula is C14H26N2O. The lowest BCUT2D eigenvalue weighted by atomic mass is 9.88. The predicted molar refractivity (Wildman–Crippen MR) is 69.5 cm³/mol. The zero-order valence-corrected chi connectivity index (χ0v) is 11.4. The number of rotatable bonds is 3. The third-order valence-corrected chi connectivity index (χ3v) is 4.22. The molecule has 0 aromatic carbocycles. The molecule has 3 heteroatoms. The average Bonchev–Trinajstić information content (AvgIpc) is 2.59. The molecule has 98 valence electrons. The SMILES string of the molecule is CC1NC(C(C)C)N(CC2CCCCC2)C1=O. The summed E-state index contributed by atoms with van der Waals surface area (Å²) in [5.74, 6) is 1.53. The highest BCUT2D eigenvalue weighted by Gasteiger charge is 2.38. The van der Waals surface area contributed by atoms with Gasteiger partial charge in [-0.2, -0.15) is 0 Å². The van der Waals surface area contributed by atoms with Crippen molar-refractivity contribution in [3.8, 4) is 0 Å². The number of hydrogen-bond acceptors (Lipinski definition) is 2. The Morgan fingerprint density at radius 2 is 1.94 bits per heavy atom. The lowest BCUT2D eigenvalue weighted by Gasteiger charge is -2.32. The first-order valence-electron chi connectivity index (χ1n) is 7.16. The van der Waals surface area contributed by atoms with Crippen molar-refractivity contribution < 1.29 is 4.79 Å². The molecule has 1 aliphatic carbocycles. The van der Waals surface area contributed by atoms with Crippen molar-refractivity contribution in [2.75, 3.05) is 6.54 Å². The van der Waals surface area contributed by atoms with Gasteiger partial charge in [0.25, 0.3) is 0 Å². The number of carbonyl (C=O) groups is 1. The van der Waals surface area contributed by atoms with Crippen LogP contribution in [0, 0.1) is 11.8 Å². The van der Waals surface area contributed by atoms with Crippen molar-refractivity contribution >= 4 is 5.91 Å². The maximum Gasteiger partial charge on any atom is 0.240 e. The molecule has 1 N–H and O–H groups in total. The first kappa shape index (κ1) is 12.9. The Kier molecular flexibility index (Phi) is 4.08. The van der Waals surface area contributed by atoms with E-state index in [2.05, 4.69) is 24.1 Å². The predicted octanol–water partition coefficient (Wildman–Crippen LogP) is 2.37. The first-order valence-corrected chi connectivity index (χ1v) is 7.16. The summed E-state index contributed by atoms with van der Waals surface area (Å²) in [6, 6.07) is 0.00555. The minimum absolute atomic E-state index is 0.00555. The summed E-state index contributed by atoms with van der Waals surface area (Å²) in [6.07, 6.45) is 6.95. The minimum atomic E-state index is 0.00555. The molecule has 1 heterocycles. The Hall–Kier alpha value is -0.570. The fraction of sp³-hybridized carbons (Fsp3) is 0.929. The maximum atomic E-state index is 12.2. The summed E-state index contributed by atoms with van der Waals surface area (Å²) < 4.78 is 0. The van der Waals surface area contributed by atoms with Crippen LogP contribution in [0.3, 0.4) is 0 Å². The van der Waals surface area contributed by atoms with E-state index in [1.807, 2.05) is 6.92 Å². The molecule has 17 heavy (non-hydrogen) atoms. The van der Waals surface area contributed by atoms with Crippen LogP contribution in [-0.4, -0.2) is 29.6 Å². The van der Waals surface area contributed by atoms with E-state index in [4.69, 9.17) is 0 Å². The Morgan fingerprint density at radius 3 is 2.53 bits per heavy atom. The minimum Gasteiger partial charge on any atom is -0.325 e. The zero-order chi connectivity index (χ0) is 12.4. The molecule has 0 aromatic heterocycles. The van der Waals surface area contributed by atoms with Gasteiger partial charge in [-0.15, -0.1) is 0 Å². The van der Waals surface area contributed by atoms with E-state index in [9.17, 15) is 4.79 Å². The highest BCUT2D eigenvalue weighted by Crippen LogP contribution is 2.27. The monoisotopic (exact) mass is 238 g/mol. The van der Waals surface area contributed by atoms with E-state index >= 15 is 0 Å². The molecule has 2 aliphatic rings. The van der Waals surface area contributed by atoms with Gasteiger partial charge in [-0.05, 0) is 31.6 Å². The van der Waals surface area contributed by atoms with Gasteiger partial charge in [0.05, 0.1) is 12.2 Å². The van der Waals surface area contributed by atoms with Gasteiger partial charge in [0, 0.05) is 6.54 Å². The molecule has 0 spiro atoms. The van der Waals surface area contributed by atoms with Gasteiger partial charge in [-0.25, -0.2) is 0 Å². The van der Waals surface area contributed by atoms with E-state index in [0.717, 1.165) is 12.5 Å². The quantitative estimate of drug-likeness (QED) is 0.818. The van der Waals surface area contributed by atoms with Crippen molar-refractivity contribution in [1.29, 1.82) is 0 Å². The third-order valence-electron chi connectivity index (χ3n) is 4.22. The lowest BCUT2D eigenvalue weighted by molar-refractivity contribution is -0.131. The maximum absolute atomic E-state index is 12.2. The van der Waals surface area contributed by atoms with Crippen LogP contribution in [-0.2, 0) is 4.79 Å². The molecule has 1 saturated heterocycles. The van der Waals surface area contributed by atoms with Crippen LogP contribution < -0.4 is 5.32 Å². The van der Waals surface area contributed by atoms with Crippen LogP contribution in [0.1, 0.15) is 52.9 Å². The molecule has 0 bridgehead atoms. The normalized spacial score (nSPS) is 31.5. The van der Waals surface area contributed by atoms with Crippen molar-refractivity contribution in [2.45, 2.75) is 65.1 Å². The Labute approximate surface area is 105 Å². The van der Waals surface area contributed by atoms with E-state index in [-0.39, 0.29) is 12.2 Å². The smallest absolute Gasteiger partial charge is 0.240 e. The van der Waals surface area contributed by atoms with Crippen LogP contribution in [0.15, 0.2) is 0 Å². The van der Waals surface area contributed by atoms with Crippen molar-refractivity contribution in [2.24, 2.45) is 11.8 Å². The summed E-state index contributed by atoms with van der Waals surface area (Å²) in [7, 11) is 0. The first-order chi connectivity index (χ1) is 8.09. The average molecular weight is 238 g/mol. The zero-order valence-electron chi connectivity index (χ0n) is 11.4. The second-order valence-corrected chi connectivity index (χ2v) is 6.07. The van der Waals surface area contributed by atoms with Crippen LogP contribution in [0.25, 0.3) is 0 Å². The Bertz CT molecular complexity index is 271. The van der Waals surface area contributed by atoms with E-state index in [0.29, 0.717) is 11.8 Å². The summed E-state index contributed by atoms with van der Waals surface area (Å²) in [5, 5.41) is 3.42. The number of carbonyl (C=O) groups excluding carboxylic acids is 1. The Morgan fingerprint density at radius 1 is 1.29 bits per heavy atom. The molecule has 1 saturated carbocycles. The van der Waals surface area contributed by atoms with Crippen LogP contribution >= 0.6 is 0 Å². The van der Waals surface area contributed by atoms with Crippen molar-refractivity contribution in [1.82, 2.24) is 10.2 Å². The molecule has 2 fully saturated rings. The molecule has 1 amide bonds. The molecule has 2 rings (SSSR count). The van der Waals surface area contributed by atoms with Gasteiger partial charge in [0.15, 0.2) is 0 Å². The number of amides is 1. The topological polar surface area (TPSA) is 32.3 Å². The van der Waals surface area contributed by atoms with Gasteiger partial charge >= 0.3 is 0 Å². The van der Waals surface area contributed by atoms with E-state index in [1.165, 1.54) is 32.1 Å². The summed E-state index contributed by atoms with van der Waals surface area (Å²) in [4.78, 5) is 14.3. The fourth-order valence-corrected chi connectivity index (χ4v) is 3.21. The Balaban J connectivity index is 1.98. The number of hydrogen-bond donors (Lipinski definition) is 1. The lowest BCUT2D eigenvalue weighted by Crippen LogP contribution is -2.44. The molecule has 2 atom stereocenters. The molecule has 1 aliphatic heterocycles. The van der Waals surface area contributed by atoms with Crippen molar-refractivity contribution in [3.05, 3.63) is 0 Å². The van der Waals surface area contributed by atoms with Gasteiger partial charge in [-0.3, -0.25) is 10.1 Å². The van der Waals surface area contributed by atoms with Gasteiger partial charge in [-0.1, -0.05) is 33.1 Å². The molecule has 2 unspecified atom stereocenters. The molecule has 3 nitrogen and oxygen atoms in total. The van der Waals surface area contributed by atoms with Gasteiger partial charge in [0.2, 0.25) is 5.91 Å². The molecule has 0 radical (unpaired) electrons.